The molecule has 0 aliphatic heterocycles. The first-order chi connectivity index (χ1) is 9.16. The van der Waals surface area contributed by atoms with Crippen molar-refractivity contribution >= 4 is 23.4 Å². The minimum absolute atomic E-state index is 0.695. The van der Waals surface area contributed by atoms with Gasteiger partial charge in [-0.2, -0.15) is 0 Å². The predicted molar refractivity (Wildman–Crippen MR) is 83.6 cm³/mol. The smallest absolute Gasteiger partial charge is 0.119 e. The van der Waals surface area contributed by atoms with Gasteiger partial charge in [-0.15, -0.1) is 11.8 Å². The summed E-state index contributed by atoms with van der Waals surface area (Å²) in [5.74, 6) is 1.83. The van der Waals surface area contributed by atoms with Gasteiger partial charge in [0, 0.05) is 15.7 Å². The van der Waals surface area contributed by atoms with E-state index in [0.29, 0.717) is 6.61 Å². The van der Waals surface area contributed by atoms with Gasteiger partial charge in [0.25, 0.3) is 0 Å². The SMILES string of the molecule is Cc1cc(OCCSc2ccccc2)cc(C)c1Cl. The molecule has 0 heterocycles. The highest BCUT2D eigenvalue weighted by Gasteiger charge is 2.03. The maximum Gasteiger partial charge on any atom is 0.119 e. The fraction of sp³-hybridized carbons (Fsp3) is 0.250. The highest BCUT2D eigenvalue weighted by atomic mass is 35.5. The van der Waals surface area contributed by atoms with E-state index in [-0.39, 0.29) is 0 Å². The molecule has 0 saturated carbocycles. The minimum Gasteiger partial charge on any atom is -0.493 e. The molecule has 0 aliphatic rings. The molecule has 1 nitrogen and oxygen atoms in total. The van der Waals surface area contributed by atoms with Crippen molar-refractivity contribution in [3.05, 3.63) is 58.6 Å². The van der Waals surface area contributed by atoms with Crippen LogP contribution in [0.25, 0.3) is 0 Å². The quantitative estimate of drug-likeness (QED) is 0.558. The molecule has 0 atom stereocenters. The van der Waals surface area contributed by atoms with E-state index in [1.807, 2.05) is 32.0 Å². The van der Waals surface area contributed by atoms with Gasteiger partial charge < -0.3 is 4.74 Å². The van der Waals surface area contributed by atoms with Gasteiger partial charge in [-0.3, -0.25) is 0 Å². The summed E-state index contributed by atoms with van der Waals surface area (Å²) in [5.41, 5.74) is 2.12. The lowest BCUT2D eigenvalue weighted by atomic mass is 10.1. The monoisotopic (exact) mass is 292 g/mol. The third-order valence-corrected chi connectivity index (χ3v) is 4.35. The van der Waals surface area contributed by atoms with Crippen LogP contribution in [0.3, 0.4) is 0 Å². The van der Waals surface area contributed by atoms with Crippen molar-refractivity contribution < 1.29 is 4.74 Å². The molecule has 2 aromatic rings. The molecule has 0 amide bonds. The molecule has 2 aromatic carbocycles. The van der Waals surface area contributed by atoms with Crippen LogP contribution in [0.5, 0.6) is 5.75 Å². The number of rotatable bonds is 5. The summed E-state index contributed by atoms with van der Waals surface area (Å²) in [6.07, 6.45) is 0. The van der Waals surface area contributed by atoms with E-state index in [2.05, 4.69) is 24.3 Å². The van der Waals surface area contributed by atoms with Crippen LogP contribution in [0.15, 0.2) is 47.4 Å². The van der Waals surface area contributed by atoms with Crippen LogP contribution < -0.4 is 4.74 Å². The fourth-order valence-corrected chi connectivity index (χ4v) is 2.69. The lowest BCUT2D eigenvalue weighted by Gasteiger charge is -2.09. The Labute approximate surface area is 123 Å². The third-order valence-electron chi connectivity index (χ3n) is 2.77. The van der Waals surface area contributed by atoms with Crippen molar-refractivity contribution in [3.8, 4) is 5.75 Å². The molecule has 3 heteroatoms. The Kier molecular flexibility index (Phi) is 5.17. The average molecular weight is 293 g/mol. The zero-order valence-corrected chi connectivity index (χ0v) is 12.7. The number of hydrogen-bond donors (Lipinski definition) is 0. The van der Waals surface area contributed by atoms with E-state index >= 15 is 0 Å². The Hall–Kier alpha value is -1.12. The van der Waals surface area contributed by atoms with E-state index < -0.39 is 0 Å². The molecule has 100 valence electrons. The highest BCUT2D eigenvalue weighted by Crippen LogP contribution is 2.26. The summed E-state index contributed by atoms with van der Waals surface area (Å²) in [6, 6.07) is 14.3. The van der Waals surface area contributed by atoms with E-state index in [9.17, 15) is 0 Å². The summed E-state index contributed by atoms with van der Waals surface area (Å²) in [6.45, 7) is 4.70. The van der Waals surface area contributed by atoms with Gasteiger partial charge in [0.2, 0.25) is 0 Å². The zero-order valence-electron chi connectivity index (χ0n) is 11.2. The molecule has 0 aliphatic carbocycles. The lowest BCUT2D eigenvalue weighted by Crippen LogP contribution is -2.00. The van der Waals surface area contributed by atoms with E-state index in [1.54, 1.807) is 11.8 Å². The normalized spacial score (nSPS) is 10.5. The topological polar surface area (TPSA) is 9.23 Å². The minimum atomic E-state index is 0.695. The number of benzene rings is 2. The van der Waals surface area contributed by atoms with Gasteiger partial charge in [-0.05, 0) is 49.2 Å². The van der Waals surface area contributed by atoms with E-state index in [1.165, 1.54) is 4.90 Å². The molecular weight excluding hydrogens is 276 g/mol. The van der Waals surface area contributed by atoms with Crippen molar-refractivity contribution in [2.75, 3.05) is 12.4 Å². The summed E-state index contributed by atoms with van der Waals surface area (Å²) >= 11 is 7.93. The molecule has 0 fully saturated rings. The lowest BCUT2D eigenvalue weighted by molar-refractivity contribution is 0.343. The predicted octanol–water partition coefficient (Wildman–Crippen LogP) is 5.13. The number of thioether (sulfide) groups is 1. The summed E-state index contributed by atoms with van der Waals surface area (Å²) in [5, 5.41) is 0.825. The van der Waals surface area contributed by atoms with E-state index in [0.717, 1.165) is 27.7 Å². The molecule has 0 saturated heterocycles. The van der Waals surface area contributed by atoms with Gasteiger partial charge in [0.05, 0.1) is 6.61 Å². The van der Waals surface area contributed by atoms with Gasteiger partial charge in [0.15, 0.2) is 0 Å². The maximum absolute atomic E-state index is 6.13. The van der Waals surface area contributed by atoms with Gasteiger partial charge in [-0.25, -0.2) is 0 Å². The number of hydrogen-bond acceptors (Lipinski definition) is 2. The fourth-order valence-electron chi connectivity index (χ4n) is 1.83. The Morgan fingerprint density at radius 3 is 2.32 bits per heavy atom. The summed E-state index contributed by atoms with van der Waals surface area (Å²) in [7, 11) is 0. The van der Waals surface area contributed by atoms with Crippen LogP contribution in [0, 0.1) is 13.8 Å². The van der Waals surface area contributed by atoms with Crippen LogP contribution in [0.1, 0.15) is 11.1 Å². The van der Waals surface area contributed by atoms with Crippen molar-refractivity contribution in [2.45, 2.75) is 18.7 Å². The molecule has 0 radical (unpaired) electrons. The Bertz CT molecular complexity index is 517. The molecule has 19 heavy (non-hydrogen) atoms. The van der Waals surface area contributed by atoms with Crippen LogP contribution in [-0.4, -0.2) is 12.4 Å². The molecule has 2 rings (SSSR count). The first-order valence-electron chi connectivity index (χ1n) is 6.24. The largest absolute Gasteiger partial charge is 0.493 e. The third kappa shape index (κ3) is 4.19. The van der Waals surface area contributed by atoms with Crippen LogP contribution >= 0.6 is 23.4 Å². The molecule has 0 bridgehead atoms. The van der Waals surface area contributed by atoms with Crippen molar-refractivity contribution in [1.82, 2.24) is 0 Å². The van der Waals surface area contributed by atoms with Gasteiger partial charge in [0.1, 0.15) is 5.75 Å². The second kappa shape index (κ2) is 6.88. The van der Waals surface area contributed by atoms with Crippen LogP contribution in [-0.2, 0) is 0 Å². The average Bonchev–Trinajstić information content (AvgIpc) is 2.42. The molecule has 0 N–H and O–H groups in total. The number of aryl methyl sites for hydroxylation is 2. The first kappa shape index (κ1) is 14.3. The number of halogens is 1. The molecular formula is C16H17ClOS. The van der Waals surface area contributed by atoms with Crippen LogP contribution in [0.2, 0.25) is 5.02 Å². The summed E-state index contributed by atoms with van der Waals surface area (Å²) < 4.78 is 5.76. The van der Waals surface area contributed by atoms with Crippen molar-refractivity contribution in [1.29, 1.82) is 0 Å². The van der Waals surface area contributed by atoms with Gasteiger partial charge >= 0.3 is 0 Å². The standard InChI is InChI=1S/C16H17ClOS/c1-12-10-14(11-13(2)16(12)17)18-8-9-19-15-6-4-3-5-7-15/h3-7,10-11H,8-9H2,1-2H3. The summed E-state index contributed by atoms with van der Waals surface area (Å²) in [4.78, 5) is 1.27. The second-order valence-corrected chi connectivity index (χ2v) is 5.93. The first-order valence-corrected chi connectivity index (χ1v) is 7.60. The molecule has 0 aromatic heterocycles. The molecule has 0 spiro atoms. The van der Waals surface area contributed by atoms with E-state index in [4.69, 9.17) is 16.3 Å². The highest BCUT2D eigenvalue weighted by molar-refractivity contribution is 7.99. The Balaban J connectivity index is 1.83. The molecule has 0 unspecified atom stereocenters. The number of ether oxygens (including phenoxy) is 1. The zero-order chi connectivity index (χ0) is 13.7. The van der Waals surface area contributed by atoms with Crippen molar-refractivity contribution in [3.63, 3.8) is 0 Å². The van der Waals surface area contributed by atoms with Crippen LogP contribution in [0.4, 0.5) is 0 Å². The second-order valence-electron chi connectivity index (χ2n) is 4.38. The van der Waals surface area contributed by atoms with Crippen molar-refractivity contribution in [2.24, 2.45) is 0 Å². The van der Waals surface area contributed by atoms with Gasteiger partial charge in [-0.1, -0.05) is 29.8 Å². The maximum atomic E-state index is 6.13. The Morgan fingerprint density at radius 2 is 1.68 bits per heavy atom. The Morgan fingerprint density at radius 1 is 1.05 bits per heavy atom.